The molecule has 0 bridgehead atoms. The summed E-state index contributed by atoms with van der Waals surface area (Å²) in [6.45, 7) is 3.16. The van der Waals surface area contributed by atoms with E-state index in [2.05, 4.69) is 5.10 Å². The summed E-state index contributed by atoms with van der Waals surface area (Å²) < 4.78 is 7.27. The first-order valence-electron chi connectivity index (χ1n) is 4.90. The van der Waals surface area contributed by atoms with Crippen LogP contribution in [0.15, 0.2) is 12.4 Å². The van der Waals surface area contributed by atoms with E-state index in [-0.39, 0.29) is 11.9 Å². The number of ketones is 1. The van der Waals surface area contributed by atoms with E-state index >= 15 is 0 Å². The van der Waals surface area contributed by atoms with Gasteiger partial charge in [-0.25, -0.2) is 0 Å². The van der Waals surface area contributed by atoms with Gasteiger partial charge in [0.25, 0.3) is 0 Å². The molecule has 0 spiro atoms. The van der Waals surface area contributed by atoms with Gasteiger partial charge in [0.15, 0.2) is 5.78 Å². The first kappa shape index (κ1) is 9.40. The van der Waals surface area contributed by atoms with E-state index in [4.69, 9.17) is 4.74 Å². The Labute approximate surface area is 82.9 Å². The fourth-order valence-corrected chi connectivity index (χ4v) is 1.64. The van der Waals surface area contributed by atoms with Crippen LogP contribution in [0.1, 0.15) is 30.1 Å². The molecule has 1 aliphatic rings. The van der Waals surface area contributed by atoms with Gasteiger partial charge in [-0.2, -0.15) is 5.10 Å². The summed E-state index contributed by atoms with van der Waals surface area (Å²) in [5.41, 5.74) is 0.669. The molecule has 0 N–H and O–H groups in total. The summed E-state index contributed by atoms with van der Waals surface area (Å²) in [4.78, 5) is 11.0. The number of hydrogen-bond donors (Lipinski definition) is 0. The van der Waals surface area contributed by atoms with Crippen LogP contribution in [-0.2, 0) is 11.3 Å². The quantitative estimate of drug-likeness (QED) is 0.680. The first-order valence-corrected chi connectivity index (χ1v) is 4.90. The Morgan fingerprint density at radius 2 is 2.64 bits per heavy atom. The standard InChI is InChI=1S/C10H14N2O2/c1-8(13)9-5-11-12(6-9)7-10-3-2-4-14-10/h5-6,10H,2-4,7H2,1H3/t10-/m1/s1. The minimum absolute atomic E-state index is 0.0589. The van der Waals surface area contributed by atoms with Crippen LogP contribution in [0.5, 0.6) is 0 Å². The van der Waals surface area contributed by atoms with Crippen LogP contribution in [0.2, 0.25) is 0 Å². The molecule has 0 aromatic carbocycles. The number of hydrogen-bond acceptors (Lipinski definition) is 3. The lowest BCUT2D eigenvalue weighted by molar-refractivity contribution is 0.0937. The Hall–Kier alpha value is -1.16. The molecule has 1 aliphatic heterocycles. The lowest BCUT2D eigenvalue weighted by atomic mass is 10.2. The maximum Gasteiger partial charge on any atom is 0.162 e. The molecule has 0 unspecified atom stereocenters. The smallest absolute Gasteiger partial charge is 0.162 e. The third-order valence-corrected chi connectivity index (χ3v) is 2.45. The third-order valence-electron chi connectivity index (χ3n) is 2.45. The van der Waals surface area contributed by atoms with Gasteiger partial charge in [-0.15, -0.1) is 0 Å². The largest absolute Gasteiger partial charge is 0.376 e. The molecule has 1 fully saturated rings. The average molecular weight is 194 g/mol. The van der Waals surface area contributed by atoms with Crippen molar-refractivity contribution in [1.29, 1.82) is 0 Å². The van der Waals surface area contributed by atoms with Crippen molar-refractivity contribution in [3.05, 3.63) is 18.0 Å². The molecular formula is C10H14N2O2. The zero-order chi connectivity index (χ0) is 9.97. The molecule has 1 atom stereocenters. The second-order valence-electron chi connectivity index (χ2n) is 3.64. The SMILES string of the molecule is CC(=O)c1cnn(C[C@H]2CCCO2)c1. The van der Waals surface area contributed by atoms with Crippen molar-refractivity contribution in [1.82, 2.24) is 9.78 Å². The van der Waals surface area contributed by atoms with Crippen molar-refractivity contribution in [3.63, 3.8) is 0 Å². The van der Waals surface area contributed by atoms with Crippen LogP contribution in [-0.4, -0.2) is 28.3 Å². The van der Waals surface area contributed by atoms with Crippen LogP contribution in [0.4, 0.5) is 0 Å². The van der Waals surface area contributed by atoms with Gasteiger partial charge in [-0.3, -0.25) is 9.48 Å². The summed E-state index contributed by atoms with van der Waals surface area (Å²) in [7, 11) is 0. The maximum atomic E-state index is 11.0. The van der Waals surface area contributed by atoms with Crippen LogP contribution in [0.3, 0.4) is 0 Å². The lowest BCUT2D eigenvalue weighted by Gasteiger charge is -2.08. The van der Waals surface area contributed by atoms with E-state index in [0.717, 1.165) is 26.0 Å². The number of Topliss-reactive ketones (excluding diaryl/α,β-unsaturated/α-hetero) is 1. The highest BCUT2D eigenvalue weighted by Crippen LogP contribution is 2.13. The van der Waals surface area contributed by atoms with E-state index in [1.165, 1.54) is 0 Å². The summed E-state index contributed by atoms with van der Waals surface area (Å²) in [5, 5.41) is 4.12. The highest BCUT2D eigenvalue weighted by atomic mass is 16.5. The highest BCUT2D eigenvalue weighted by Gasteiger charge is 2.16. The van der Waals surface area contributed by atoms with Gasteiger partial charge in [-0.05, 0) is 19.8 Å². The number of nitrogens with zero attached hydrogens (tertiary/aromatic N) is 2. The van der Waals surface area contributed by atoms with Crippen molar-refractivity contribution in [2.24, 2.45) is 0 Å². The van der Waals surface area contributed by atoms with E-state index in [9.17, 15) is 4.79 Å². The Balaban J connectivity index is 1.98. The number of carbonyl (C=O) groups excluding carboxylic acids is 1. The van der Waals surface area contributed by atoms with E-state index < -0.39 is 0 Å². The Kier molecular flexibility index (Phi) is 2.63. The van der Waals surface area contributed by atoms with Crippen LogP contribution < -0.4 is 0 Å². The Bertz CT molecular complexity index is 327. The summed E-state index contributed by atoms with van der Waals surface area (Å²) in [6, 6.07) is 0. The number of ether oxygens (including phenoxy) is 1. The Morgan fingerprint density at radius 3 is 3.21 bits per heavy atom. The fourth-order valence-electron chi connectivity index (χ4n) is 1.64. The molecule has 0 aliphatic carbocycles. The minimum atomic E-state index is 0.0589. The van der Waals surface area contributed by atoms with Gasteiger partial charge in [-0.1, -0.05) is 0 Å². The highest BCUT2D eigenvalue weighted by molar-refractivity contribution is 5.93. The molecule has 0 saturated carbocycles. The van der Waals surface area contributed by atoms with Gasteiger partial charge < -0.3 is 4.74 Å². The van der Waals surface area contributed by atoms with Gasteiger partial charge in [0.2, 0.25) is 0 Å². The molecule has 2 rings (SSSR count). The molecular weight excluding hydrogens is 180 g/mol. The molecule has 76 valence electrons. The van der Waals surface area contributed by atoms with Crippen molar-refractivity contribution in [3.8, 4) is 0 Å². The summed E-state index contributed by atoms with van der Waals surface area (Å²) in [6.07, 6.45) is 5.89. The molecule has 1 saturated heterocycles. The Morgan fingerprint density at radius 1 is 1.79 bits per heavy atom. The first-order chi connectivity index (χ1) is 6.75. The molecule has 0 radical (unpaired) electrons. The van der Waals surface area contributed by atoms with Gasteiger partial charge >= 0.3 is 0 Å². The van der Waals surface area contributed by atoms with Gasteiger partial charge in [0, 0.05) is 12.8 Å². The van der Waals surface area contributed by atoms with E-state index in [1.807, 2.05) is 0 Å². The molecule has 2 heterocycles. The van der Waals surface area contributed by atoms with Gasteiger partial charge in [0.1, 0.15) is 0 Å². The number of rotatable bonds is 3. The van der Waals surface area contributed by atoms with Crippen molar-refractivity contribution in [2.75, 3.05) is 6.61 Å². The molecule has 4 nitrogen and oxygen atoms in total. The van der Waals surface area contributed by atoms with Crippen molar-refractivity contribution in [2.45, 2.75) is 32.4 Å². The molecule has 1 aromatic rings. The van der Waals surface area contributed by atoms with Crippen LogP contribution in [0.25, 0.3) is 0 Å². The maximum absolute atomic E-state index is 11.0. The zero-order valence-electron chi connectivity index (χ0n) is 8.27. The van der Waals surface area contributed by atoms with Crippen molar-refractivity contribution >= 4 is 5.78 Å². The summed E-state index contributed by atoms with van der Waals surface area (Å²) in [5.74, 6) is 0.0589. The second kappa shape index (κ2) is 3.92. The van der Waals surface area contributed by atoms with Gasteiger partial charge in [0.05, 0.1) is 24.4 Å². The second-order valence-corrected chi connectivity index (χ2v) is 3.64. The predicted octanol–water partition coefficient (Wildman–Crippen LogP) is 1.26. The average Bonchev–Trinajstić information content (AvgIpc) is 2.75. The molecule has 0 amide bonds. The normalized spacial score (nSPS) is 21.4. The number of aromatic nitrogens is 2. The molecule has 1 aromatic heterocycles. The number of carbonyl (C=O) groups is 1. The minimum Gasteiger partial charge on any atom is -0.376 e. The third kappa shape index (κ3) is 2.01. The fraction of sp³-hybridized carbons (Fsp3) is 0.600. The lowest BCUT2D eigenvalue weighted by Crippen LogP contribution is -2.15. The molecule has 14 heavy (non-hydrogen) atoms. The van der Waals surface area contributed by atoms with Crippen molar-refractivity contribution < 1.29 is 9.53 Å². The van der Waals surface area contributed by atoms with Crippen LogP contribution in [0, 0.1) is 0 Å². The monoisotopic (exact) mass is 194 g/mol. The zero-order valence-corrected chi connectivity index (χ0v) is 8.27. The predicted molar refractivity (Wildman–Crippen MR) is 51.2 cm³/mol. The molecule has 4 heteroatoms. The summed E-state index contributed by atoms with van der Waals surface area (Å²) >= 11 is 0. The van der Waals surface area contributed by atoms with Crippen LogP contribution >= 0.6 is 0 Å². The topological polar surface area (TPSA) is 44.1 Å². The van der Waals surface area contributed by atoms with E-state index in [0.29, 0.717) is 5.56 Å². The van der Waals surface area contributed by atoms with E-state index in [1.54, 1.807) is 24.0 Å².